The lowest BCUT2D eigenvalue weighted by atomic mass is 9.79. The van der Waals surface area contributed by atoms with Gasteiger partial charge in [-0.1, -0.05) is 12.8 Å². The molecular formula is C16H24F3NO3S. The second-order valence-corrected chi connectivity index (χ2v) is 9.90. The van der Waals surface area contributed by atoms with Gasteiger partial charge < -0.3 is 5.32 Å². The largest absolute Gasteiger partial charge is 0.391 e. The smallest absolute Gasteiger partial charge is 0.352 e. The number of rotatable bonds is 2. The fraction of sp³-hybridized carbons (Fsp3) is 0.938. The normalized spacial score (nSPS) is 38.3. The predicted octanol–water partition coefficient (Wildman–Crippen LogP) is 2.97. The highest BCUT2D eigenvalue weighted by Gasteiger charge is 2.49. The fourth-order valence-corrected chi connectivity index (χ4v) is 6.85. The Morgan fingerprint density at radius 2 is 1.58 bits per heavy atom. The minimum absolute atomic E-state index is 0.00435. The van der Waals surface area contributed by atoms with Crippen molar-refractivity contribution in [3.8, 4) is 0 Å². The molecule has 3 fully saturated rings. The van der Waals surface area contributed by atoms with Crippen LogP contribution in [-0.2, 0) is 14.6 Å². The molecule has 0 aromatic heterocycles. The number of nitrogens with one attached hydrogen (secondary N) is 1. The third-order valence-electron chi connectivity index (χ3n) is 6.04. The molecule has 4 nitrogen and oxygen atoms in total. The van der Waals surface area contributed by atoms with Gasteiger partial charge in [0.2, 0.25) is 5.91 Å². The topological polar surface area (TPSA) is 63.2 Å². The van der Waals surface area contributed by atoms with Gasteiger partial charge in [0.1, 0.15) is 5.25 Å². The van der Waals surface area contributed by atoms with Crippen LogP contribution in [0.5, 0.6) is 0 Å². The summed E-state index contributed by atoms with van der Waals surface area (Å²) in [6, 6.07) is 0.0682. The molecule has 0 spiro atoms. The first-order valence-corrected chi connectivity index (χ1v) is 10.4. The molecule has 2 saturated carbocycles. The van der Waals surface area contributed by atoms with Gasteiger partial charge in [-0.25, -0.2) is 8.42 Å². The number of fused-ring (bicyclic) bond motifs is 1. The SMILES string of the molecule is O=C1NC2CCCCC2CC1S(=O)(=O)C1CCC(C(F)(F)F)CC1. The van der Waals surface area contributed by atoms with E-state index in [2.05, 4.69) is 5.32 Å². The van der Waals surface area contributed by atoms with E-state index in [0.717, 1.165) is 25.7 Å². The molecule has 1 amide bonds. The van der Waals surface area contributed by atoms with Crippen molar-refractivity contribution in [2.45, 2.75) is 80.5 Å². The van der Waals surface area contributed by atoms with Gasteiger partial charge >= 0.3 is 6.18 Å². The molecule has 2 aliphatic carbocycles. The number of piperidine rings is 1. The quantitative estimate of drug-likeness (QED) is 0.816. The van der Waals surface area contributed by atoms with E-state index in [1.54, 1.807) is 0 Å². The van der Waals surface area contributed by atoms with E-state index in [-0.39, 0.29) is 37.6 Å². The van der Waals surface area contributed by atoms with Crippen LogP contribution in [0, 0.1) is 11.8 Å². The Morgan fingerprint density at radius 1 is 0.958 bits per heavy atom. The maximum absolute atomic E-state index is 12.8. The van der Waals surface area contributed by atoms with Crippen LogP contribution in [0.25, 0.3) is 0 Å². The third-order valence-corrected chi connectivity index (χ3v) is 8.64. The summed E-state index contributed by atoms with van der Waals surface area (Å²) in [6.45, 7) is 0. The van der Waals surface area contributed by atoms with Crippen LogP contribution in [0.2, 0.25) is 0 Å². The van der Waals surface area contributed by atoms with Gasteiger partial charge in [0.15, 0.2) is 9.84 Å². The molecule has 138 valence electrons. The van der Waals surface area contributed by atoms with Crippen LogP contribution in [0.1, 0.15) is 57.8 Å². The highest BCUT2D eigenvalue weighted by molar-refractivity contribution is 7.93. The van der Waals surface area contributed by atoms with E-state index >= 15 is 0 Å². The Morgan fingerprint density at radius 3 is 2.21 bits per heavy atom. The highest BCUT2D eigenvalue weighted by atomic mass is 32.2. The highest BCUT2D eigenvalue weighted by Crippen LogP contribution is 2.41. The maximum Gasteiger partial charge on any atom is 0.391 e. The Hall–Kier alpha value is -0.790. The Bertz CT molecular complexity index is 582. The minimum Gasteiger partial charge on any atom is -0.352 e. The van der Waals surface area contributed by atoms with E-state index in [1.807, 2.05) is 0 Å². The third kappa shape index (κ3) is 3.44. The molecule has 1 saturated heterocycles. The number of alkyl halides is 3. The summed E-state index contributed by atoms with van der Waals surface area (Å²) in [7, 11) is -3.73. The van der Waals surface area contributed by atoms with E-state index < -0.39 is 38.3 Å². The van der Waals surface area contributed by atoms with Gasteiger partial charge in [-0.2, -0.15) is 13.2 Å². The lowest BCUT2D eigenvalue weighted by molar-refractivity contribution is -0.181. The lowest BCUT2D eigenvalue weighted by Crippen LogP contribution is -2.56. The molecule has 0 bridgehead atoms. The van der Waals surface area contributed by atoms with Crippen molar-refractivity contribution >= 4 is 15.7 Å². The van der Waals surface area contributed by atoms with Crippen molar-refractivity contribution < 1.29 is 26.4 Å². The summed E-state index contributed by atoms with van der Waals surface area (Å²) in [6.07, 6.45) is -0.348. The molecule has 24 heavy (non-hydrogen) atoms. The monoisotopic (exact) mass is 367 g/mol. The summed E-state index contributed by atoms with van der Waals surface area (Å²) in [5.74, 6) is -1.68. The Balaban J connectivity index is 1.68. The summed E-state index contributed by atoms with van der Waals surface area (Å²) in [5, 5.41) is 0.956. The standard InChI is InChI=1S/C16H24F3NO3S/c17-16(18,19)11-5-7-12(8-6-11)24(22,23)14-9-10-3-1-2-4-13(10)20-15(14)21/h10-14H,1-9H2,(H,20,21). The first kappa shape index (κ1) is 18.0. The van der Waals surface area contributed by atoms with Crippen LogP contribution >= 0.6 is 0 Å². The van der Waals surface area contributed by atoms with Crippen LogP contribution in [0.4, 0.5) is 13.2 Å². The number of sulfone groups is 1. The van der Waals surface area contributed by atoms with Crippen molar-refractivity contribution in [3.05, 3.63) is 0 Å². The summed E-state index contributed by atoms with van der Waals surface area (Å²) >= 11 is 0. The van der Waals surface area contributed by atoms with Crippen molar-refractivity contribution in [1.29, 1.82) is 0 Å². The maximum atomic E-state index is 12.8. The molecule has 0 radical (unpaired) electrons. The van der Waals surface area contributed by atoms with Crippen LogP contribution in [0.15, 0.2) is 0 Å². The Labute approximate surface area is 140 Å². The summed E-state index contributed by atoms with van der Waals surface area (Å²) in [5.41, 5.74) is 0. The zero-order valence-corrected chi connectivity index (χ0v) is 14.3. The number of halogens is 3. The van der Waals surface area contributed by atoms with Crippen molar-refractivity contribution in [2.75, 3.05) is 0 Å². The van der Waals surface area contributed by atoms with Gasteiger partial charge in [0, 0.05) is 6.04 Å². The van der Waals surface area contributed by atoms with Crippen LogP contribution in [-0.4, -0.2) is 37.0 Å². The number of hydrogen-bond donors (Lipinski definition) is 1. The van der Waals surface area contributed by atoms with Crippen LogP contribution in [0.3, 0.4) is 0 Å². The first-order valence-electron chi connectivity index (χ1n) is 8.79. The van der Waals surface area contributed by atoms with Gasteiger partial charge in [-0.15, -0.1) is 0 Å². The van der Waals surface area contributed by atoms with E-state index in [1.165, 1.54) is 0 Å². The van der Waals surface area contributed by atoms with Crippen molar-refractivity contribution in [2.24, 2.45) is 11.8 Å². The molecule has 1 aliphatic heterocycles. The molecule has 3 rings (SSSR count). The number of carbonyl (C=O) groups is 1. The fourth-order valence-electron chi connectivity index (χ4n) is 4.57. The molecule has 8 heteroatoms. The van der Waals surface area contributed by atoms with Crippen molar-refractivity contribution in [3.63, 3.8) is 0 Å². The molecule has 3 unspecified atom stereocenters. The second kappa shape index (κ2) is 6.50. The van der Waals surface area contributed by atoms with Gasteiger partial charge in [-0.3, -0.25) is 4.79 Å². The zero-order chi connectivity index (χ0) is 17.5. The molecule has 1 N–H and O–H groups in total. The van der Waals surface area contributed by atoms with Gasteiger partial charge in [-0.05, 0) is 50.9 Å². The van der Waals surface area contributed by atoms with Gasteiger partial charge in [0.25, 0.3) is 0 Å². The summed E-state index contributed by atoms with van der Waals surface area (Å²) < 4.78 is 63.9. The minimum atomic E-state index is -4.26. The molecule has 3 aliphatic rings. The van der Waals surface area contributed by atoms with E-state index in [0.29, 0.717) is 6.42 Å². The van der Waals surface area contributed by atoms with E-state index in [9.17, 15) is 26.4 Å². The second-order valence-electron chi connectivity index (χ2n) is 7.49. The lowest BCUT2D eigenvalue weighted by Gasteiger charge is -2.40. The number of hydrogen-bond acceptors (Lipinski definition) is 3. The molecule has 1 heterocycles. The van der Waals surface area contributed by atoms with Crippen LogP contribution < -0.4 is 5.32 Å². The van der Waals surface area contributed by atoms with E-state index in [4.69, 9.17) is 0 Å². The molecule has 0 aromatic rings. The number of carbonyl (C=O) groups excluding carboxylic acids is 1. The average Bonchev–Trinajstić information content (AvgIpc) is 2.53. The number of amides is 1. The molecule has 3 atom stereocenters. The zero-order valence-electron chi connectivity index (χ0n) is 13.5. The predicted molar refractivity (Wildman–Crippen MR) is 83.0 cm³/mol. The van der Waals surface area contributed by atoms with Gasteiger partial charge in [0.05, 0.1) is 11.2 Å². The first-order chi connectivity index (χ1) is 11.2. The molecule has 0 aromatic carbocycles. The average molecular weight is 367 g/mol. The molecular weight excluding hydrogens is 343 g/mol. The van der Waals surface area contributed by atoms with Crippen molar-refractivity contribution in [1.82, 2.24) is 5.32 Å². The summed E-state index contributed by atoms with van der Waals surface area (Å²) in [4.78, 5) is 12.3. The Kier molecular flexibility index (Phi) is 4.88.